The Kier molecular flexibility index (Phi) is 2.94. The summed E-state index contributed by atoms with van der Waals surface area (Å²) in [4.78, 5) is 10.9. The van der Waals surface area contributed by atoms with E-state index in [1.54, 1.807) is 5.38 Å². The number of hydrogen-bond donors (Lipinski definition) is 1. The van der Waals surface area contributed by atoms with E-state index in [2.05, 4.69) is 0 Å². The Bertz CT molecular complexity index is 551. The molecular weight excluding hydrogens is 251 g/mol. The van der Waals surface area contributed by atoms with Crippen molar-refractivity contribution in [3.8, 4) is 11.1 Å². The Morgan fingerprint density at radius 1 is 1.38 bits per heavy atom. The van der Waals surface area contributed by atoms with E-state index in [9.17, 15) is 9.18 Å². The topological polar surface area (TPSA) is 37.3 Å². The molecule has 2 nitrogen and oxygen atoms in total. The number of rotatable bonds is 2. The molecule has 2 rings (SSSR count). The number of aromatic carboxylic acids is 1. The number of thiophene rings is 1. The Hall–Kier alpha value is -1.39. The van der Waals surface area contributed by atoms with Crippen LogP contribution in [0, 0.1) is 5.82 Å². The molecule has 0 amide bonds. The number of carbonyl (C=O) groups is 1. The summed E-state index contributed by atoms with van der Waals surface area (Å²) in [5.74, 6) is -1.52. The molecule has 1 aromatic carbocycles. The highest BCUT2D eigenvalue weighted by Gasteiger charge is 2.13. The zero-order chi connectivity index (χ0) is 11.7. The molecule has 0 aliphatic heterocycles. The van der Waals surface area contributed by atoms with Crippen LogP contribution in [0.5, 0.6) is 0 Å². The van der Waals surface area contributed by atoms with Gasteiger partial charge in [0.1, 0.15) is 5.82 Å². The zero-order valence-corrected chi connectivity index (χ0v) is 9.48. The van der Waals surface area contributed by atoms with Crippen LogP contribution < -0.4 is 0 Å². The molecule has 2 aromatic rings. The van der Waals surface area contributed by atoms with Crippen molar-refractivity contribution in [3.05, 3.63) is 45.4 Å². The van der Waals surface area contributed by atoms with Gasteiger partial charge in [-0.1, -0.05) is 17.7 Å². The fraction of sp³-hybridized carbons (Fsp3) is 0. The summed E-state index contributed by atoms with van der Waals surface area (Å²) in [5.41, 5.74) is 1.36. The molecule has 1 N–H and O–H groups in total. The van der Waals surface area contributed by atoms with Crippen molar-refractivity contribution < 1.29 is 14.3 Å². The predicted octanol–water partition coefficient (Wildman–Crippen LogP) is 3.91. The normalized spacial score (nSPS) is 10.4. The van der Waals surface area contributed by atoms with Crippen LogP contribution in [0.4, 0.5) is 4.39 Å². The van der Waals surface area contributed by atoms with Crippen molar-refractivity contribution in [1.29, 1.82) is 0 Å². The maximum Gasteiger partial charge on any atom is 0.337 e. The second-order valence-electron chi connectivity index (χ2n) is 3.13. The number of carboxylic acid groups (broad SMARTS) is 1. The van der Waals surface area contributed by atoms with Gasteiger partial charge in [-0.05, 0) is 23.1 Å². The summed E-state index contributed by atoms with van der Waals surface area (Å²) in [7, 11) is 0. The van der Waals surface area contributed by atoms with Crippen LogP contribution in [0.15, 0.2) is 29.0 Å². The molecule has 0 saturated carbocycles. The minimum Gasteiger partial charge on any atom is -0.478 e. The average molecular weight is 257 g/mol. The van der Waals surface area contributed by atoms with E-state index in [1.165, 1.54) is 34.9 Å². The summed E-state index contributed by atoms with van der Waals surface area (Å²) in [6, 6.07) is 4.15. The fourth-order valence-electron chi connectivity index (χ4n) is 1.35. The Balaban J connectivity index is 2.54. The van der Waals surface area contributed by atoms with E-state index in [-0.39, 0.29) is 10.6 Å². The molecule has 5 heteroatoms. The first-order chi connectivity index (χ1) is 7.59. The molecule has 0 fully saturated rings. The van der Waals surface area contributed by atoms with Gasteiger partial charge in [-0.3, -0.25) is 0 Å². The van der Waals surface area contributed by atoms with Gasteiger partial charge in [-0.2, -0.15) is 11.3 Å². The maximum absolute atomic E-state index is 13.0. The van der Waals surface area contributed by atoms with E-state index in [4.69, 9.17) is 16.7 Å². The number of benzene rings is 1. The van der Waals surface area contributed by atoms with Crippen LogP contribution in [0.2, 0.25) is 5.02 Å². The van der Waals surface area contributed by atoms with Gasteiger partial charge in [0.05, 0.1) is 10.6 Å². The third-order valence-electron chi connectivity index (χ3n) is 2.12. The quantitative estimate of drug-likeness (QED) is 0.885. The van der Waals surface area contributed by atoms with Gasteiger partial charge in [0.25, 0.3) is 0 Å². The first-order valence-corrected chi connectivity index (χ1v) is 5.66. The van der Waals surface area contributed by atoms with E-state index >= 15 is 0 Å². The zero-order valence-electron chi connectivity index (χ0n) is 7.91. The fourth-order valence-corrected chi connectivity index (χ4v) is 2.36. The van der Waals surface area contributed by atoms with Gasteiger partial charge in [0, 0.05) is 10.9 Å². The van der Waals surface area contributed by atoms with Gasteiger partial charge < -0.3 is 5.11 Å². The predicted molar refractivity (Wildman–Crippen MR) is 61.7 cm³/mol. The standard InChI is InChI=1S/C11H6ClFO2S/c12-9-3-6(1-2-10(9)13)7-4-16-5-8(7)11(14)15/h1-5H,(H,14,15). The van der Waals surface area contributed by atoms with E-state index in [0.717, 1.165) is 0 Å². The van der Waals surface area contributed by atoms with E-state index < -0.39 is 11.8 Å². The van der Waals surface area contributed by atoms with Crippen molar-refractivity contribution in [2.75, 3.05) is 0 Å². The molecule has 0 aliphatic carbocycles. The van der Waals surface area contributed by atoms with Crippen LogP contribution >= 0.6 is 22.9 Å². The summed E-state index contributed by atoms with van der Waals surface area (Å²) in [5, 5.41) is 12.2. The Morgan fingerprint density at radius 2 is 2.12 bits per heavy atom. The van der Waals surface area contributed by atoms with Gasteiger partial charge in [-0.25, -0.2) is 9.18 Å². The lowest BCUT2D eigenvalue weighted by atomic mass is 10.1. The van der Waals surface area contributed by atoms with Gasteiger partial charge in [0.2, 0.25) is 0 Å². The second kappa shape index (κ2) is 4.23. The molecule has 1 heterocycles. The van der Waals surface area contributed by atoms with Crippen molar-refractivity contribution in [3.63, 3.8) is 0 Å². The molecule has 0 radical (unpaired) electrons. The minimum absolute atomic E-state index is 0.0139. The molecule has 0 unspecified atom stereocenters. The lowest BCUT2D eigenvalue weighted by Crippen LogP contribution is -1.95. The van der Waals surface area contributed by atoms with Gasteiger partial charge in [-0.15, -0.1) is 0 Å². The van der Waals surface area contributed by atoms with E-state index in [0.29, 0.717) is 11.1 Å². The summed E-state index contributed by atoms with van der Waals surface area (Å²) >= 11 is 6.93. The number of hydrogen-bond acceptors (Lipinski definition) is 2. The van der Waals surface area contributed by atoms with Crippen molar-refractivity contribution >= 4 is 28.9 Å². The first-order valence-electron chi connectivity index (χ1n) is 4.34. The van der Waals surface area contributed by atoms with Crippen molar-refractivity contribution in [1.82, 2.24) is 0 Å². The largest absolute Gasteiger partial charge is 0.478 e. The van der Waals surface area contributed by atoms with Gasteiger partial charge in [0.15, 0.2) is 0 Å². The molecule has 1 aromatic heterocycles. The highest BCUT2D eigenvalue weighted by molar-refractivity contribution is 7.08. The highest BCUT2D eigenvalue weighted by atomic mass is 35.5. The van der Waals surface area contributed by atoms with Crippen LogP contribution in [0.25, 0.3) is 11.1 Å². The minimum atomic E-state index is -1.00. The second-order valence-corrected chi connectivity index (χ2v) is 4.28. The van der Waals surface area contributed by atoms with Crippen molar-refractivity contribution in [2.24, 2.45) is 0 Å². The molecule has 0 saturated heterocycles. The molecule has 16 heavy (non-hydrogen) atoms. The van der Waals surface area contributed by atoms with Crippen LogP contribution in [-0.4, -0.2) is 11.1 Å². The van der Waals surface area contributed by atoms with Gasteiger partial charge >= 0.3 is 5.97 Å². The Morgan fingerprint density at radius 3 is 2.75 bits per heavy atom. The molecule has 0 aliphatic rings. The lowest BCUT2D eigenvalue weighted by molar-refractivity contribution is 0.0698. The highest BCUT2D eigenvalue weighted by Crippen LogP contribution is 2.30. The van der Waals surface area contributed by atoms with Crippen LogP contribution in [0.1, 0.15) is 10.4 Å². The SMILES string of the molecule is O=C(O)c1cscc1-c1ccc(F)c(Cl)c1. The molecule has 0 bridgehead atoms. The van der Waals surface area contributed by atoms with Crippen molar-refractivity contribution in [2.45, 2.75) is 0 Å². The van der Waals surface area contributed by atoms with E-state index in [1.807, 2.05) is 0 Å². The van der Waals surface area contributed by atoms with Crippen LogP contribution in [-0.2, 0) is 0 Å². The number of halogens is 2. The average Bonchev–Trinajstić information content (AvgIpc) is 2.71. The molecule has 0 spiro atoms. The molecular formula is C11H6ClFO2S. The summed E-state index contributed by atoms with van der Waals surface area (Å²) < 4.78 is 13.0. The monoisotopic (exact) mass is 256 g/mol. The summed E-state index contributed by atoms with van der Waals surface area (Å²) in [6.07, 6.45) is 0. The van der Waals surface area contributed by atoms with Crippen LogP contribution in [0.3, 0.4) is 0 Å². The molecule has 0 atom stereocenters. The molecule has 82 valence electrons. The number of carboxylic acids is 1. The smallest absolute Gasteiger partial charge is 0.337 e. The first kappa shape index (κ1) is 11.1. The Labute approximate surface area is 99.9 Å². The maximum atomic E-state index is 13.0. The lowest BCUT2D eigenvalue weighted by Gasteiger charge is -2.02. The summed E-state index contributed by atoms with van der Waals surface area (Å²) in [6.45, 7) is 0. The third kappa shape index (κ3) is 1.94. The third-order valence-corrected chi connectivity index (χ3v) is 3.16.